The number of rotatable bonds is 2. The van der Waals surface area contributed by atoms with E-state index in [1.165, 1.54) is 5.69 Å². The monoisotopic (exact) mass is 321 g/mol. The second-order valence-electron chi connectivity index (χ2n) is 5.87. The zero-order valence-electron chi connectivity index (χ0n) is 13.3. The van der Waals surface area contributed by atoms with Gasteiger partial charge in [-0.2, -0.15) is 0 Å². The number of nitrogens with one attached hydrogen (secondary N) is 2. The van der Waals surface area contributed by atoms with Crippen molar-refractivity contribution in [1.82, 2.24) is 14.9 Å². The Kier molecular flexibility index (Phi) is 3.78. The number of aromatic nitrogens is 2. The Balaban J connectivity index is 1.37. The van der Waals surface area contributed by atoms with Gasteiger partial charge in [-0.15, -0.1) is 0 Å². The second kappa shape index (κ2) is 6.23. The Morgan fingerprint density at radius 1 is 1.04 bits per heavy atom. The van der Waals surface area contributed by atoms with Crippen LogP contribution in [-0.4, -0.2) is 47.1 Å². The summed E-state index contributed by atoms with van der Waals surface area (Å²) in [7, 11) is 0. The Morgan fingerprint density at radius 2 is 1.83 bits per heavy atom. The lowest BCUT2D eigenvalue weighted by atomic mass is 10.2. The largest absolute Gasteiger partial charge is 0.368 e. The van der Waals surface area contributed by atoms with Gasteiger partial charge in [0.25, 0.3) is 0 Å². The third-order valence-corrected chi connectivity index (χ3v) is 4.36. The highest BCUT2D eigenvalue weighted by Gasteiger charge is 2.21. The van der Waals surface area contributed by atoms with Crippen molar-refractivity contribution < 1.29 is 4.79 Å². The fraction of sp³-hybridized carbons (Fsp3) is 0.222. The minimum atomic E-state index is -0.0541. The number of amides is 2. The van der Waals surface area contributed by atoms with Gasteiger partial charge in [0.1, 0.15) is 0 Å². The average Bonchev–Trinajstić information content (AvgIpc) is 3.10. The summed E-state index contributed by atoms with van der Waals surface area (Å²) in [6.45, 7) is 3.12. The molecular weight excluding hydrogens is 302 g/mol. The topological polar surface area (TPSA) is 64.3 Å². The number of imidazole rings is 1. The number of nitrogens with zero attached hydrogens (tertiary/aromatic N) is 3. The Labute approximate surface area is 140 Å². The fourth-order valence-corrected chi connectivity index (χ4v) is 3.02. The first-order chi connectivity index (χ1) is 11.8. The molecule has 3 aromatic rings. The summed E-state index contributed by atoms with van der Waals surface area (Å²) in [5.74, 6) is 0. The summed E-state index contributed by atoms with van der Waals surface area (Å²) < 4.78 is 0. The quantitative estimate of drug-likeness (QED) is 0.763. The summed E-state index contributed by atoms with van der Waals surface area (Å²) in [4.78, 5) is 23.9. The third-order valence-electron chi connectivity index (χ3n) is 4.36. The van der Waals surface area contributed by atoms with Crippen LogP contribution in [0.25, 0.3) is 11.0 Å². The molecule has 6 heteroatoms. The number of fused-ring (bicyclic) bond motifs is 1. The first-order valence-electron chi connectivity index (χ1n) is 8.09. The van der Waals surface area contributed by atoms with Crippen LogP contribution in [0, 0.1) is 0 Å². The van der Waals surface area contributed by atoms with Crippen LogP contribution >= 0.6 is 0 Å². The molecule has 0 radical (unpaired) electrons. The van der Waals surface area contributed by atoms with Crippen molar-refractivity contribution in [3.63, 3.8) is 0 Å². The molecule has 0 spiro atoms. The van der Waals surface area contributed by atoms with E-state index in [1.54, 1.807) is 6.33 Å². The number of hydrogen-bond acceptors (Lipinski definition) is 3. The lowest BCUT2D eigenvalue weighted by molar-refractivity contribution is 0.208. The van der Waals surface area contributed by atoms with Gasteiger partial charge in [-0.1, -0.05) is 18.2 Å². The summed E-state index contributed by atoms with van der Waals surface area (Å²) in [6.07, 6.45) is 1.65. The van der Waals surface area contributed by atoms with Crippen LogP contribution in [0.4, 0.5) is 16.2 Å². The molecular formula is C18H19N5O. The van der Waals surface area contributed by atoms with Gasteiger partial charge in [-0.25, -0.2) is 9.78 Å². The first-order valence-corrected chi connectivity index (χ1v) is 8.09. The number of anilines is 2. The van der Waals surface area contributed by atoms with Gasteiger partial charge in [0.2, 0.25) is 0 Å². The number of H-pyrrole nitrogens is 1. The van der Waals surface area contributed by atoms with Crippen LogP contribution in [0.5, 0.6) is 0 Å². The SMILES string of the molecule is O=C(Nc1ccc2nc[nH]c2c1)N1CCN(c2ccccc2)CC1. The maximum atomic E-state index is 12.5. The summed E-state index contributed by atoms with van der Waals surface area (Å²) in [5.41, 5.74) is 3.80. The highest BCUT2D eigenvalue weighted by atomic mass is 16.2. The smallest absolute Gasteiger partial charge is 0.321 e. The van der Waals surface area contributed by atoms with Crippen LogP contribution in [-0.2, 0) is 0 Å². The van der Waals surface area contributed by atoms with E-state index in [0.29, 0.717) is 13.1 Å². The van der Waals surface area contributed by atoms with Gasteiger partial charge in [0, 0.05) is 37.6 Å². The van der Waals surface area contributed by atoms with Crippen LogP contribution in [0.1, 0.15) is 0 Å². The van der Waals surface area contributed by atoms with Gasteiger partial charge in [-0.3, -0.25) is 0 Å². The molecule has 4 rings (SSSR count). The zero-order valence-corrected chi connectivity index (χ0v) is 13.3. The van der Waals surface area contributed by atoms with Crippen molar-refractivity contribution >= 4 is 28.4 Å². The van der Waals surface area contributed by atoms with Crippen LogP contribution in [0.3, 0.4) is 0 Å². The Bertz CT molecular complexity index is 837. The molecule has 0 bridgehead atoms. The van der Waals surface area contributed by atoms with Gasteiger partial charge < -0.3 is 20.1 Å². The van der Waals surface area contributed by atoms with Crippen LogP contribution in [0.2, 0.25) is 0 Å². The molecule has 0 atom stereocenters. The first kappa shape index (κ1) is 14.6. The Morgan fingerprint density at radius 3 is 2.62 bits per heavy atom. The van der Waals surface area contributed by atoms with Gasteiger partial charge in [0.15, 0.2) is 0 Å². The van der Waals surface area contributed by atoms with Gasteiger partial charge >= 0.3 is 6.03 Å². The number of carbonyl (C=O) groups is 1. The van der Waals surface area contributed by atoms with Crippen LogP contribution in [0.15, 0.2) is 54.9 Å². The molecule has 1 aromatic heterocycles. The molecule has 0 saturated carbocycles. The molecule has 1 aliphatic rings. The lowest BCUT2D eigenvalue weighted by Crippen LogP contribution is -2.50. The van der Waals surface area contributed by atoms with Crippen molar-refractivity contribution in [2.75, 3.05) is 36.4 Å². The number of hydrogen-bond donors (Lipinski definition) is 2. The number of para-hydroxylation sites is 1. The highest BCUT2D eigenvalue weighted by molar-refractivity contribution is 5.92. The molecule has 2 amide bonds. The van der Waals surface area contributed by atoms with E-state index in [0.717, 1.165) is 29.8 Å². The maximum absolute atomic E-state index is 12.5. The summed E-state index contributed by atoms with van der Waals surface area (Å²) in [5, 5.41) is 2.97. The minimum absolute atomic E-state index is 0.0541. The number of carbonyl (C=O) groups excluding carboxylic acids is 1. The van der Waals surface area contributed by atoms with E-state index < -0.39 is 0 Å². The van der Waals surface area contributed by atoms with E-state index >= 15 is 0 Å². The molecule has 0 unspecified atom stereocenters. The molecule has 122 valence electrons. The van der Waals surface area contributed by atoms with E-state index in [1.807, 2.05) is 41.3 Å². The number of piperazine rings is 1. The molecule has 1 aliphatic heterocycles. The molecule has 2 N–H and O–H groups in total. The highest BCUT2D eigenvalue weighted by Crippen LogP contribution is 2.18. The van der Waals surface area contributed by atoms with Crippen molar-refractivity contribution in [3.8, 4) is 0 Å². The van der Waals surface area contributed by atoms with Crippen molar-refractivity contribution in [2.24, 2.45) is 0 Å². The fourth-order valence-electron chi connectivity index (χ4n) is 3.02. The normalized spacial score (nSPS) is 14.8. The zero-order chi connectivity index (χ0) is 16.4. The summed E-state index contributed by atoms with van der Waals surface area (Å²) >= 11 is 0. The van der Waals surface area contributed by atoms with Crippen LogP contribution < -0.4 is 10.2 Å². The van der Waals surface area contributed by atoms with E-state index in [-0.39, 0.29) is 6.03 Å². The predicted octanol–water partition coefficient (Wildman–Crippen LogP) is 2.92. The van der Waals surface area contributed by atoms with Crippen molar-refractivity contribution in [2.45, 2.75) is 0 Å². The minimum Gasteiger partial charge on any atom is -0.368 e. The molecule has 2 aromatic carbocycles. The second-order valence-corrected chi connectivity index (χ2v) is 5.87. The van der Waals surface area contributed by atoms with E-state index in [4.69, 9.17) is 0 Å². The van der Waals surface area contributed by atoms with E-state index in [2.05, 4.69) is 32.3 Å². The maximum Gasteiger partial charge on any atom is 0.321 e. The molecule has 2 heterocycles. The molecule has 0 aliphatic carbocycles. The van der Waals surface area contributed by atoms with E-state index in [9.17, 15) is 4.79 Å². The predicted molar refractivity (Wildman–Crippen MR) is 95.3 cm³/mol. The number of aromatic amines is 1. The average molecular weight is 321 g/mol. The number of urea groups is 1. The number of benzene rings is 2. The van der Waals surface area contributed by atoms with Crippen molar-refractivity contribution in [3.05, 3.63) is 54.9 Å². The third kappa shape index (κ3) is 2.90. The summed E-state index contributed by atoms with van der Waals surface area (Å²) in [6, 6.07) is 15.9. The Hall–Kier alpha value is -3.02. The van der Waals surface area contributed by atoms with Crippen molar-refractivity contribution in [1.29, 1.82) is 0 Å². The van der Waals surface area contributed by atoms with Gasteiger partial charge in [-0.05, 0) is 30.3 Å². The molecule has 1 fully saturated rings. The standard InChI is InChI=1S/C18H19N5O/c24-18(21-14-6-7-16-17(12-14)20-13-19-16)23-10-8-22(9-11-23)15-4-2-1-3-5-15/h1-7,12-13H,8-11H2,(H,19,20)(H,21,24). The lowest BCUT2D eigenvalue weighted by Gasteiger charge is -2.36. The molecule has 6 nitrogen and oxygen atoms in total. The molecule has 24 heavy (non-hydrogen) atoms. The molecule has 1 saturated heterocycles. The van der Waals surface area contributed by atoms with Gasteiger partial charge in [0.05, 0.1) is 17.4 Å².